The highest BCUT2D eigenvalue weighted by molar-refractivity contribution is 14.1. The molecule has 5 heteroatoms. The standard InChI is InChI=1S/C19H18IN3O/c20-15-7-5-8-17-19(15)16(11-10-14-6-1-3-12-21-14)22-23(17)18-9-2-4-13-24-18/h1,3,5-8,10-12,18H,2,4,9,13H2/b11-10+. The number of benzene rings is 1. The number of pyridine rings is 1. The van der Waals surface area contributed by atoms with Crippen LogP contribution in [0.1, 0.15) is 36.9 Å². The average Bonchev–Trinajstić information content (AvgIpc) is 3.02. The van der Waals surface area contributed by atoms with Crippen LogP contribution < -0.4 is 0 Å². The van der Waals surface area contributed by atoms with Crippen LogP contribution in [0.15, 0.2) is 42.6 Å². The number of hydrogen-bond acceptors (Lipinski definition) is 3. The molecule has 122 valence electrons. The lowest BCUT2D eigenvalue weighted by atomic mass is 10.1. The molecule has 1 unspecified atom stereocenters. The molecule has 0 spiro atoms. The number of nitrogens with zero attached hydrogens (tertiary/aromatic N) is 3. The molecule has 0 bridgehead atoms. The minimum absolute atomic E-state index is 0.0384. The monoisotopic (exact) mass is 431 g/mol. The molecule has 1 atom stereocenters. The molecule has 0 saturated carbocycles. The fourth-order valence-corrected chi connectivity index (χ4v) is 3.83. The topological polar surface area (TPSA) is 39.9 Å². The van der Waals surface area contributed by atoms with Crippen LogP contribution in [0.5, 0.6) is 0 Å². The molecule has 1 aliphatic heterocycles. The molecular formula is C19H18IN3O. The van der Waals surface area contributed by atoms with E-state index in [-0.39, 0.29) is 6.23 Å². The number of fused-ring (bicyclic) bond motifs is 1. The average molecular weight is 431 g/mol. The van der Waals surface area contributed by atoms with Crippen LogP contribution in [0.25, 0.3) is 23.1 Å². The third-order valence-corrected chi connectivity index (χ3v) is 5.14. The number of hydrogen-bond donors (Lipinski definition) is 0. The van der Waals surface area contributed by atoms with Crippen molar-refractivity contribution in [3.63, 3.8) is 0 Å². The molecule has 0 aliphatic carbocycles. The van der Waals surface area contributed by atoms with Crippen LogP contribution in [-0.4, -0.2) is 21.4 Å². The first-order chi connectivity index (χ1) is 11.8. The van der Waals surface area contributed by atoms with E-state index in [0.717, 1.165) is 36.4 Å². The summed E-state index contributed by atoms with van der Waals surface area (Å²) in [6.45, 7) is 0.815. The van der Waals surface area contributed by atoms with E-state index in [1.165, 1.54) is 15.4 Å². The van der Waals surface area contributed by atoms with Gasteiger partial charge in [0.1, 0.15) is 0 Å². The molecule has 1 fully saturated rings. The minimum atomic E-state index is 0.0384. The molecule has 1 aliphatic rings. The molecule has 0 N–H and O–H groups in total. The fourth-order valence-electron chi connectivity index (χ4n) is 3.07. The summed E-state index contributed by atoms with van der Waals surface area (Å²) in [5.41, 5.74) is 3.03. The Morgan fingerprint density at radius 3 is 2.88 bits per heavy atom. The van der Waals surface area contributed by atoms with Crippen molar-refractivity contribution in [2.75, 3.05) is 6.61 Å². The van der Waals surface area contributed by atoms with Crippen molar-refractivity contribution in [2.45, 2.75) is 25.5 Å². The zero-order chi connectivity index (χ0) is 16.4. The molecule has 2 aromatic heterocycles. The summed E-state index contributed by atoms with van der Waals surface area (Å²) < 4.78 is 9.20. The maximum Gasteiger partial charge on any atom is 0.150 e. The maximum atomic E-state index is 5.95. The van der Waals surface area contributed by atoms with Gasteiger partial charge in [-0.05, 0) is 78.3 Å². The van der Waals surface area contributed by atoms with Crippen molar-refractivity contribution in [2.24, 2.45) is 0 Å². The normalized spacial score (nSPS) is 18.5. The van der Waals surface area contributed by atoms with Gasteiger partial charge in [0.15, 0.2) is 6.23 Å². The van der Waals surface area contributed by atoms with E-state index in [4.69, 9.17) is 9.84 Å². The Morgan fingerprint density at radius 1 is 1.12 bits per heavy atom. The van der Waals surface area contributed by atoms with Gasteiger partial charge < -0.3 is 4.74 Å². The molecule has 4 rings (SSSR count). The highest BCUT2D eigenvalue weighted by Gasteiger charge is 2.21. The quantitative estimate of drug-likeness (QED) is 0.554. The Morgan fingerprint density at radius 2 is 2.08 bits per heavy atom. The lowest BCUT2D eigenvalue weighted by Gasteiger charge is -2.23. The number of ether oxygens (including phenoxy) is 1. The largest absolute Gasteiger partial charge is 0.356 e. The Bertz CT molecular complexity index is 867. The van der Waals surface area contributed by atoms with Gasteiger partial charge in [-0.2, -0.15) is 5.10 Å². The van der Waals surface area contributed by atoms with Gasteiger partial charge in [0, 0.05) is 21.8 Å². The SMILES string of the molecule is Ic1cccc2c1c(/C=C/c1ccccn1)nn2C1CCCCO1. The summed E-state index contributed by atoms with van der Waals surface area (Å²) in [6.07, 6.45) is 9.25. The zero-order valence-electron chi connectivity index (χ0n) is 13.2. The van der Waals surface area contributed by atoms with Crippen LogP contribution in [0.4, 0.5) is 0 Å². The molecule has 3 aromatic rings. The first-order valence-corrected chi connectivity index (χ1v) is 9.28. The number of rotatable bonds is 3. The van der Waals surface area contributed by atoms with E-state index in [2.05, 4.69) is 50.5 Å². The van der Waals surface area contributed by atoms with Crippen LogP contribution in [0.2, 0.25) is 0 Å². The molecule has 24 heavy (non-hydrogen) atoms. The lowest BCUT2D eigenvalue weighted by molar-refractivity contribution is -0.0367. The van der Waals surface area contributed by atoms with Gasteiger partial charge >= 0.3 is 0 Å². The van der Waals surface area contributed by atoms with Gasteiger partial charge in [0.05, 0.1) is 16.9 Å². The number of halogens is 1. The van der Waals surface area contributed by atoms with Crippen molar-refractivity contribution in [3.8, 4) is 0 Å². The van der Waals surface area contributed by atoms with Crippen molar-refractivity contribution >= 4 is 45.6 Å². The zero-order valence-corrected chi connectivity index (χ0v) is 15.4. The highest BCUT2D eigenvalue weighted by Crippen LogP contribution is 2.31. The Hall–Kier alpha value is -1.73. The molecular weight excluding hydrogens is 413 g/mol. The van der Waals surface area contributed by atoms with Crippen molar-refractivity contribution in [1.82, 2.24) is 14.8 Å². The van der Waals surface area contributed by atoms with Gasteiger partial charge in [0.2, 0.25) is 0 Å². The summed E-state index contributed by atoms with van der Waals surface area (Å²) in [5.74, 6) is 0. The van der Waals surface area contributed by atoms with Gasteiger partial charge in [-0.3, -0.25) is 4.98 Å². The summed E-state index contributed by atoms with van der Waals surface area (Å²) in [5, 5.41) is 6.04. The predicted molar refractivity (Wildman–Crippen MR) is 104 cm³/mol. The lowest BCUT2D eigenvalue weighted by Crippen LogP contribution is -2.19. The first kappa shape index (κ1) is 15.8. The van der Waals surface area contributed by atoms with Crippen molar-refractivity contribution in [1.29, 1.82) is 0 Å². The Balaban J connectivity index is 1.78. The van der Waals surface area contributed by atoms with E-state index < -0.39 is 0 Å². The number of aromatic nitrogens is 3. The van der Waals surface area contributed by atoms with Crippen LogP contribution in [-0.2, 0) is 4.74 Å². The summed E-state index contributed by atoms with van der Waals surface area (Å²) in [7, 11) is 0. The maximum absolute atomic E-state index is 5.95. The Labute approximate surface area is 154 Å². The molecule has 0 radical (unpaired) electrons. The van der Waals surface area contributed by atoms with Gasteiger partial charge in [-0.1, -0.05) is 12.1 Å². The van der Waals surface area contributed by atoms with Crippen LogP contribution in [0.3, 0.4) is 0 Å². The second kappa shape index (κ2) is 7.03. The summed E-state index contributed by atoms with van der Waals surface area (Å²) >= 11 is 2.38. The minimum Gasteiger partial charge on any atom is -0.356 e. The molecule has 4 nitrogen and oxygen atoms in total. The van der Waals surface area contributed by atoms with E-state index in [9.17, 15) is 0 Å². The first-order valence-electron chi connectivity index (χ1n) is 8.20. The van der Waals surface area contributed by atoms with Crippen LogP contribution in [0, 0.1) is 3.57 Å². The van der Waals surface area contributed by atoms with E-state index >= 15 is 0 Å². The molecule has 1 saturated heterocycles. The summed E-state index contributed by atoms with van der Waals surface area (Å²) in [4.78, 5) is 4.34. The predicted octanol–water partition coefficient (Wildman–Crippen LogP) is 4.91. The van der Waals surface area contributed by atoms with E-state index in [1.807, 2.05) is 30.4 Å². The highest BCUT2D eigenvalue weighted by atomic mass is 127. The second-order valence-electron chi connectivity index (χ2n) is 5.87. The third-order valence-electron chi connectivity index (χ3n) is 4.24. The Kier molecular flexibility index (Phi) is 4.62. The smallest absolute Gasteiger partial charge is 0.150 e. The van der Waals surface area contributed by atoms with Crippen molar-refractivity contribution < 1.29 is 4.74 Å². The molecule has 0 amide bonds. The fraction of sp³-hybridized carbons (Fsp3) is 0.263. The summed E-state index contributed by atoms with van der Waals surface area (Å²) in [6, 6.07) is 12.2. The second-order valence-corrected chi connectivity index (χ2v) is 7.04. The molecule has 3 heterocycles. The van der Waals surface area contributed by atoms with E-state index in [1.54, 1.807) is 6.20 Å². The van der Waals surface area contributed by atoms with Crippen molar-refractivity contribution in [3.05, 3.63) is 57.6 Å². The molecule has 1 aromatic carbocycles. The van der Waals surface area contributed by atoms with E-state index in [0.29, 0.717) is 0 Å². The van der Waals surface area contributed by atoms with Gasteiger partial charge in [-0.15, -0.1) is 0 Å². The van der Waals surface area contributed by atoms with Crippen LogP contribution >= 0.6 is 22.6 Å². The third kappa shape index (κ3) is 3.10. The van der Waals surface area contributed by atoms with Gasteiger partial charge in [0.25, 0.3) is 0 Å². The van der Waals surface area contributed by atoms with Gasteiger partial charge in [-0.25, -0.2) is 4.68 Å².